The van der Waals surface area contributed by atoms with Gasteiger partial charge in [-0.3, -0.25) is 9.59 Å². The van der Waals surface area contributed by atoms with E-state index in [4.69, 9.17) is 23.2 Å². The van der Waals surface area contributed by atoms with Crippen LogP contribution in [0.4, 0.5) is 0 Å². The van der Waals surface area contributed by atoms with Crippen molar-refractivity contribution >= 4 is 46.8 Å². The fourth-order valence-electron chi connectivity index (χ4n) is 2.88. The van der Waals surface area contributed by atoms with Crippen LogP contribution in [0.2, 0.25) is 10.0 Å². The second-order valence-corrected chi connectivity index (χ2v) is 8.84. The quantitative estimate of drug-likeness (QED) is 0.516. The van der Waals surface area contributed by atoms with Crippen molar-refractivity contribution in [2.24, 2.45) is 0 Å². The standard InChI is InChI=1S/C22H26Cl2N2O2S/c1-4-20(22(28)25-15(2)3)26(13-16-10-11-17(23)12-19(16)24)21(27)14-29-18-8-6-5-7-9-18/h5-12,15,20H,4,13-14H2,1-3H3,(H,25,28)/t20-/m1/s1. The summed E-state index contributed by atoms with van der Waals surface area (Å²) in [5.74, 6) is -0.0398. The van der Waals surface area contributed by atoms with Crippen LogP contribution in [-0.4, -0.2) is 34.6 Å². The first-order valence-corrected chi connectivity index (χ1v) is 11.3. The average Bonchev–Trinajstić information content (AvgIpc) is 2.68. The second kappa shape index (κ2) is 11.5. The number of thioether (sulfide) groups is 1. The molecule has 0 aromatic heterocycles. The van der Waals surface area contributed by atoms with Gasteiger partial charge in [-0.05, 0) is 50.1 Å². The molecule has 0 saturated carbocycles. The molecule has 0 spiro atoms. The lowest BCUT2D eigenvalue weighted by molar-refractivity contribution is -0.139. The summed E-state index contributed by atoms with van der Waals surface area (Å²) in [5.41, 5.74) is 0.755. The van der Waals surface area contributed by atoms with Crippen molar-refractivity contribution in [1.82, 2.24) is 10.2 Å². The normalized spacial score (nSPS) is 11.9. The molecule has 0 saturated heterocycles. The molecule has 2 aromatic carbocycles. The van der Waals surface area contributed by atoms with Crippen molar-refractivity contribution in [2.75, 3.05) is 5.75 Å². The van der Waals surface area contributed by atoms with E-state index in [9.17, 15) is 9.59 Å². The van der Waals surface area contributed by atoms with Gasteiger partial charge in [0.2, 0.25) is 11.8 Å². The highest BCUT2D eigenvalue weighted by Crippen LogP contribution is 2.25. The maximum absolute atomic E-state index is 13.1. The Morgan fingerprint density at radius 2 is 1.79 bits per heavy atom. The van der Waals surface area contributed by atoms with Gasteiger partial charge in [-0.1, -0.05) is 54.4 Å². The molecule has 156 valence electrons. The third-order valence-electron chi connectivity index (χ3n) is 4.28. The molecule has 0 unspecified atom stereocenters. The Kier molecular flexibility index (Phi) is 9.34. The number of hydrogen-bond acceptors (Lipinski definition) is 3. The van der Waals surface area contributed by atoms with Gasteiger partial charge >= 0.3 is 0 Å². The molecule has 0 aliphatic rings. The predicted octanol–water partition coefficient (Wildman–Crippen LogP) is 5.42. The molecule has 29 heavy (non-hydrogen) atoms. The second-order valence-electron chi connectivity index (χ2n) is 6.95. The minimum atomic E-state index is -0.576. The number of nitrogens with one attached hydrogen (secondary N) is 1. The maximum Gasteiger partial charge on any atom is 0.243 e. The van der Waals surface area contributed by atoms with Gasteiger partial charge in [-0.2, -0.15) is 0 Å². The SMILES string of the molecule is CC[C@H](C(=O)NC(C)C)N(Cc1ccc(Cl)cc1Cl)C(=O)CSc1ccccc1. The summed E-state index contributed by atoms with van der Waals surface area (Å²) in [6.45, 7) is 5.95. The Hall–Kier alpha value is -1.69. The number of carbonyl (C=O) groups is 2. The van der Waals surface area contributed by atoms with Crippen molar-refractivity contribution in [3.63, 3.8) is 0 Å². The summed E-state index contributed by atoms with van der Waals surface area (Å²) >= 11 is 13.8. The third-order valence-corrected chi connectivity index (χ3v) is 5.86. The zero-order valence-corrected chi connectivity index (χ0v) is 19.2. The molecular formula is C22H26Cl2N2O2S. The third kappa shape index (κ3) is 7.25. The van der Waals surface area contributed by atoms with E-state index in [1.807, 2.05) is 51.1 Å². The van der Waals surface area contributed by atoms with E-state index in [1.165, 1.54) is 11.8 Å². The van der Waals surface area contributed by atoms with Crippen molar-refractivity contribution in [2.45, 2.75) is 50.7 Å². The van der Waals surface area contributed by atoms with E-state index >= 15 is 0 Å². The number of benzene rings is 2. The molecule has 0 aliphatic carbocycles. The van der Waals surface area contributed by atoms with Gasteiger partial charge in [0, 0.05) is 27.5 Å². The highest BCUT2D eigenvalue weighted by molar-refractivity contribution is 8.00. The van der Waals surface area contributed by atoms with E-state index in [0.717, 1.165) is 10.5 Å². The summed E-state index contributed by atoms with van der Waals surface area (Å²) in [6.07, 6.45) is 0.505. The first kappa shape index (κ1) is 23.6. The smallest absolute Gasteiger partial charge is 0.243 e. The summed E-state index contributed by atoms with van der Waals surface area (Å²) < 4.78 is 0. The Morgan fingerprint density at radius 1 is 1.10 bits per heavy atom. The number of rotatable bonds is 9. The molecule has 4 nitrogen and oxygen atoms in total. The lowest BCUT2D eigenvalue weighted by Crippen LogP contribution is -2.51. The fraction of sp³-hybridized carbons (Fsp3) is 0.364. The van der Waals surface area contributed by atoms with Crippen LogP contribution in [0.3, 0.4) is 0 Å². The van der Waals surface area contributed by atoms with Gasteiger partial charge in [-0.15, -0.1) is 11.8 Å². The Labute approximate surface area is 187 Å². The molecule has 1 N–H and O–H groups in total. The molecule has 0 bridgehead atoms. The lowest BCUT2D eigenvalue weighted by Gasteiger charge is -2.31. The van der Waals surface area contributed by atoms with E-state index in [1.54, 1.807) is 23.1 Å². The number of halogens is 2. The molecule has 2 rings (SSSR count). The Balaban J connectivity index is 2.24. The first-order chi connectivity index (χ1) is 13.8. The fourth-order valence-corrected chi connectivity index (χ4v) is 4.15. The van der Waals surface area contributed by atoms with Crippen molar-refractivity contribution in [1.29, 1.82) is 0 Å². The number of hydrogen-bond donors (Lipinski definition) is 1. The zero-order chi connectivity index (χ0) is 21.4. The van der Waals surface area contributed by atoms with Gasteiger partial charge in [0.15, 0.2) is 0 Å². The monoisotopic (exact) mass is 452 g/mol. The summed E-state index contributed by atoms with van der Waals surface area (Å²) in [4.78, 5) is 28.5. The van der Waals surface area contributed by atoms with Crippen molar-refractivity contribution in [3.05, 3.63) is 64.1 Å². The number of carbonyl (C=O) groups excluding carboxylic acids is 2. The van der Waals surface area contributed by atoms with Gasteiger partial charge in [0.25, 0.3) is 0 Å². The molecule has 0 fully saturated rings. The molecule has 1 atom stereocenters. The average molecular weight is 453 g/mol. The number of nitrogens with zero attached hydrogens (tertiary/aromatic N) is 1. The molecule has 0 heterocycles. The molecule has 0 radical (unpaired) electrons. The van der Waals surface area contributed by atoms with E-state index < -0.39 is 6.04 Å². The summed E-state index contributed by atoms with van der Waals surface area (Å²) in [5, 5.41) is 3.92. The van der Waals surface area contributed by atoms with Gasteiger partial charge in [0.1, 0.15) is 6.04 Å². The molecule has 2 aromatic rings. The first-order valence-electron chi connectivity index (χ1n) is 9.53. The van der Waals surface area contributed by atoms with Crippen LogP contribution in [0.5, 0.6) is 0 Å². The van der Waals surface area contributed by atoms with Crippen LogP contribution >= 0.6 is 35.0 Å². The topological polar surface area (TPSA) is 49.4 Å². The van der Waals surface area contributed by atoms with Gasteiger partial charge in [-0.25, -0.2) is 0 Å². The number of amides is 2. The van der Waals surface area contributed by atoms with Gasteiger partial charge in [0.05, 0.1) is 5.75 Å². The summed E-state index contributed by atoms with van der Waals surface area (Å²) in [7, 11) is 0. The predicted molar refractivity (Wildman–Crippen MR) is 122 cm³/mol. The van der Waals surface area contributed by atoms with E-state index in [-0.39, 0.29) is 30.2 Å². The highest BCUT2D eigenvalue weighted by atomic mass is 35.5. The molecular weight excluding hydrogens is 427 g/mol. The molecule has 2 amide bonds. The van der Waals surface area contributed by atoms with Crippen molar-refractivity contribution in [3.8, 4) is 0 Å². The maximum atomic E-state index is 13.1. The van der Waals surface area contributed by atoms with Crippen LogP contribution < -0.4 is 5.32 Å². The largest absolute Gasteiger partial charge is 0.352 e. The van der Waals surface area contributed by atoms with Crippen LogP contribution in [0.25, 0.3) is 0 Å². The van der Waals surface area contributed by atoms with E-state index in [2.05, 4.69) is 5.32 Å². The zero-order valence-electron chi connectivity index (χ0n) is 16.8. The minimum Gasteiger partial charge on any atom is -0.352 e. The van der Waals surface area contributed by atoms with Crippen LogP contribution in [-0.2, 0) is 16.1 Å². The van der Waals surface area contributed by atoms with E-state index in [0.29, 0.717) is 16.5 Å². The highest BCUT2D eigenvalue weighted by Gasteiger charge is 2.29. The van der Waals surface area contributed by atoms with Crippen LogP contribution in [0, 0.1) is 0 Å². The van der Waals surface area contributed by atoms with Gasteiger partial charge < -0.3 is 10.2 Å². The Morgan fingerprint density at radius 3 is 2.38 bits per heavy atom. The van der Waals surface area contributed by atoms with Crippen LogP contribution in [0.15, 0.2) is 53.4 Å². The van der Waals surface area contributed by atoms with Crippen LogP contribution in [0.1, 0.15) is 32.8 Å². The lowest BCUT2D eigenvalue weighted by atomic mass is 10.1. The molecule has 0 aliphatic heterocycles. The minimum absolute atomic E-state index is 0.00804. The molecule has 7 heteroatoms. The summed E-state index contributed by atoms with van der Waals surface area (Å²) in [6, 6.07) is 14.3. The van der Waals surface area contributed by atoms with Crippen molar-refractivity contribution < 1.29 is 9.59 Å². The Bertz CT molecular complexity index is 831.